The summed E-state index contributed by atoms with van der Waals surface area (Å²) >= 11 is 0. The summed E-state index contributed by atoms with van der Waals surface area (Å²) in [7, 11) is 1.36. The number of carbonyl (C=O) groups excluding carboxylic acids is 1. The average molecular weight is 283 g/mol. The molecule has 0 saturated heterocycles. The molecule has 0 spiro atoms. The maximum Gasteiger partial charge on any atom is 0.326 e. The van der Waals surface area contributed by atoms with Crippen molar-refractivity contribution in [3.63, 3.8) is 0 Å². The van der Waals surface area contributed by atoms with Crippen LogP contribution < -0.4 is 10.1 Å². The molecule has 0 saturated carbocycles. The van der Waals surface area contributed by atoms with Gasteiger partial charge in [0.05, 0.1) is 19.1 Å². The molecule has 1 rings (SSSR count). The van der Waals surface area contributed by atoms with Gasteiger partial charge in [0.1, 0.15) is 17.5 Å². The predicted octanol–water partition coefficient (Wildman–Crippen LogP) is 0.0585. The Morgan fingerprint density at radius 1 is 1.30 bits per heavy atom. The number of benzene rings is 1. The van der Waals surface area contributed by atoms with Crippen LogP contribution in [0, 0.1) is 0 Å². The first-order valence-corrected chi connectivity index (χ1v) is 5.47. The van der Waals surface area contributed by atoms with E-state index in [1.165, 1.54) is 25.3 Å². The normalized spacial score (nSPS) is 11.4. The van der Waals surface area contributed by atoms with Gasteiger partial charge in [0, 0.05) is 0 Å². The number of ether oxygens (including phenoxy) is 1. The van der Waals surface area contributed by atoms with Crippen LogP contribution in [0.5, 0.6) is 11.5 Å². The highest BCUT2D eigenvalue weighted by molar-refractivity contribution is 5.99. The van der Waals surface area contributed by atoms with E-state index in [-0.39, 0.29) is 17.1 Å². The van der Waals surface area contributed by atoms with Crippen LogP contribution in [-0.2, 0) is 9.59 Å². The molecule has 8 nitrogen and oxygen atoms in total. The molecule has 0 aromatic heterocycles. The first-order valence-electron chi connectivity index (χ1n) is 5.47. The van der Waals surface area contributed by atoms with Crippen LogP contribution in [0.2, 0.25) is 0 Å². The Hall–Kier alpha value is -2.77. The fourth-order valence-electron chi connectivity index (χ4n) is 1.43. The van der Waals surface area contributed by atoms with Crippen molar-refractivity contribution in [2.75, 3.05) is 7.11 Å². The number of rotatable bonds is 6. The molecule has 0 aliphatic rings. The van der Waals surface area contributed by atoms with Gasteiger partial charge in [0.15, 0.2) is 0 Å². The zero-order valence-corrected chi connectivity index (χ0v) is 10.5. The highest BCUT2D eigenvalue weighted by Gasteiger charge is 2.24. The number of nitrogens with one attached hydrogen (secondary N) is 1. The van der Waals surface area contributed by atoms with E-state index in [1.54, 1.807) is 0 Å². The molecule has 1 unspecified atom stereocenters. The largest absolute Gasteiger partial charge is 0.507 e. The summed E-state index contributed by atoms with van der Waals surface area (Å²) in [5.41, 5.74) is -0.207. The van der Waals surface area contributed by atoms with Gasteiger partial charge in [-0.05, 0) is 18.2 Å². The van der Waals surface area contributed by atoms with Gasteiger partial charge in [0.25, 0.3) is 5.91 Å². The van der Waals surface area contributed by atoms with E-state index in [0.717, 1.165) is 0 Å². The van der Waals surface area contributed by atoms with Gasteiger partial charge in [-0.15, -0.1) is 0 Å². The molecule has 0 bridgehead atoms. The number of phenols is 1. The van der Waals surface area contributed by atoms with E-state index in [1.807, 2.05) is 5.32 Å². The van der Waals surface area contributed by atoms with Crippen molar-refractivity contribution in [3.8, 4) is 11.5 Å². The van der Waals surface area contributed by atoms with Gasteiger partial charge in [-0.3, -0.25) is 9.59 Å². The van der Waals surface area contributed by atoms with Crippen molar-refractivity contribution in [2.24, 2.45) is 0 Å². The van der Waals surface area contributed by atoms with Gasteiger partial charge in [-0.1, -0.05) is 0 Å². The minimum absolute atomic E-state index is 0.207. The monoisotopic (exact) mass is 283 g/mol. The van der Waals surface area contributed by atoms with Crippen molar-refractivity contribution >= 4 is 17.8 Å². The zero-order chi connectivity index (χ0) is 15.3. The molecule has 0 aliphatic heterocycles. The number of hydrogen-bond acceptors (Lipinski definition) is 5. The van der Waals surface area contributed by atoms with E-state index < -0.39 is 30.3 Å². The van der Waals surface area contributed by atoms with Crippen molar-refractivity contribution < 1.29 is 34.4 Å². The Kier molecular flexibility index (Phi) is 4.90. The Labute approximate surface area is 113 Å². The van der Waals surface area contributed by atoms with Crippen LogP contribution in [0.4, 0.5) is 0 Å². The van der Waals surface area contributed by atoms with Gasteiger partial charge in [-0.2, -0.15) is 0 Å². The first kappa shape index (κ1) is 15.3. The second-order valence-corrected chi connectivity index (χ2v) is 3.85. The Morgan fingerprint density at radius 2 is 1.95 bits per heavy atom. The Bertz CT molecular complexity index is 541. The van der Waals surface area contributed by atoms with E-state index in [9.17, 15) is 19.5 Å². The first-order chi connectivity index (χ1) is 9.35. The van der Waals surface area contributed by atoms with E-state index in [4.69, 9.17) is 14.9 Å². The third kappa shape index (κ3) is 3.87. The number of phenolic OH excluding ortho intramolecular Hbond substituents is 1. The predicted molar refractivity (Wildman–Crippen MR) is 65.8 cm³/mol. The summed E-state index contributed by atoms with van der Waals surface area (Å²) in [6.45, 7) is 0. The van der Waals surface area contributed by atoms with Crippen LogP contribution in [0.3, 0.4) is 0 Å². The zero-order valence-electron chi connectivity index (χ0n) is 10.5. The molecule has 20 heavy (non-hydrogen) atoms. The number of carbonyl (C=O) groups is 3. The molecule has 1 aromatic rings. The van der Waals surface area contributed by atoms with Gasteiger partial charge < -0.3 is 25.4 Å². The topological polar surface area (TPSA) is 133 Å². The lowest BCUT2D eigenvalue weighted by molar-refractivity contribution is -0.145. The summed E-state index contributed by atoms with van der Waals surface area (Å²) in [6.07, 6.45) is -0.772. The molecule has 1 atom stereocenters. The van der Waals surface area contributed by atoms with Crippen LogP contribution in [0.1, 0.15) is 16.8 Å². The molecule has 1 amide bonds. The smallest absolute Gasteiger partial charge is 0.326 e. The number of aliphatic carboxylic acids is 2. The molecular formula is C12H13NO7. The highest BCUT2D eigenvalue weighted by atomic mass is 16.5. The molecule has 4 N–H and O–H groups in total. The lowest BCUT2D eigenvalue weighted by Crippen LogP contribution is -2.42. The maximum atomic E-state index is 11.8. The molecule has 8 heteroatoms. The lowest BCUT2D eigenvalue weighted by atomic mass is 10.1. The van der Waals surface area contributed by atoms with Gasteiger partial charge in [0.2, 0.25) is 0 Å². The molecule has 0 heterocycles. The number of carboxylic acids is 2. The maximum absolute atomic E-state index is 11.8. The summed E-state index contributed by atoms with van der Waals surface area (Å²) in [4.78, 5) is 33.2. The van der Waals surface area contributed by atoms with Crippen LogP contribution in [0.15, 0.2) is 18.2 Å². The molecule has 0 fully saturated rings. The van der Waals surface area contributed by atoms with Crippen LogP contribution in [-0.4, -0.2) is 46.3 Å². The highest BCUT2D eigenvalue weighted by Crippen LogP contribution is 2.22. The number of aromatic hydroxyl groups is 1. The number of carboxylic acid groups (broad SMARTS) is 2. The van der Waals surface area contributed by atoms with Crippen LogP contribution >= 0.6 is 0 Å². The van der Waals surface area contributed by atoms with Crippen molar-refractivity contribution in [3.05, 3.63) is 23.8 Å². The van der Waals surface area contributed by atoms with E-state index >= 15 is 0 Å². The fraction of sp³-hybridized carbons (Fsp3) is 0.250. The SMILES string of the molecule is COc1ccc(O)c(C(=O)NC(CC(=O)O)C(=O)O)c1. The average Bonchev–Trinajstić information content (AvgIpc) is 2.37. The molecule has 1 aromatic carbocycles. The quantitative estimate of drug-likeness (QED) is 0.580. The molecular weight excluding hydrogens is 270 g/mol. The molecule has 0 radical (unpaired) electrons. The third-order valence-electron chi connectivity index (χ3n) is 2.43. The van der Waals surface area contributed by atoms with Crippen molar-refractivity contribution in [1.82, 2.24) is 5.32 Å². The molecule has 108 valence electrons. The summed E-state index contributed by atoms with van der Waals surface area (Å²) in [5, 5.41) is 29.0. The van der Waals surface area contributed by atoms with Crippen molar-refractivity contribution in [1.29, 1.82) is 0 Å². The van der Waals surface area contributed by atoms with Crippen molar-refractivity contribution in [2.45, 2.75) is 12.5 Å². The van der Waals surface area contributed by atoms with Gasteiger partial charge >= 0.3 is 11.9 Å². The second-order valence-electron chi connectivity index (χ2n) is 3.85. The Balaban J connectivity index is 2.94. The number of methoxy groups -OCH3 is 1. The summed E-state index contributed by atoms with van der Waals surface area (Å²) < 4.78 is 4.88. The number of amides is 1. The third-order valence-corrected chi connectivity index (χ3v) is 2.43. The lowest BCUT2D eigenvalue weighted by Gasteiger charge is -2.13. The summed E-state index contributed by atoms with van der Waals surface area (Å²) in [5.74, 6) is -3.84. The number of hydrogen-bond donors (Lipinski definition) is 4. The fourth-order valence-corrected chi connectivity index (χ4v) is 1.43. The van der Waals surface area contributed by atoms with Gasteiger partial charge in [-0.25, -0.2) is 4.79 Å². The minimum atomic E-state index is -1.59. The van der Waals surface area contributed by atoms with E-state index in [2.05, 4.69) is 0 Å². The minimum Gasteiger partial charge on any atom is -0.507 e. The second kappa shape index (κ2) is 6.41. The molecule has 0 aliphatic carbocycles. The summed E-state index contributed by atoms with van der Waals surface area (Å²) in [6, 6.07) is 2.24. The Morgan fingerprint density at radius 3 is 2.45 bits per heavy atom. The van der Waals surface area contributed by atoms with Crippen LogP contribution in [0.25, 0.3) is 0 Å². The standard InChI is InChI=1S/C12H13NO7/c1-20-6-2-3-9(14)7(4-6)11(17)13-8(12(18)19)5-10(15)16/h2-4,8,14H,5H2,1H3,(H,13,17)(H,15,16)(H,18,19). The van der Waals surface area contributed by atoms with E-state index in [0.29, 0.717) is 0 Å².